The zero-order valence-electron chi connectivity index (χ0n) is 24.0. The number of allylic oxidation sites excluding steroid dienone is 2. The lowest BCUT2D eigenvalue weighted by molar-refractivity contribution is -0.110. The Bertz CT molecular complexity index is 2660. The number of benzene rings is 2. The number of rotatable bonds is 2. The Morgan fingerprint density at radius 1 is 0.646 bits per heavy atom. The molecule has 3 aliphatic rings. The molecule has 9 rings (SSSR count). The maximum atomic E-state index is 14.4. The van der Waals surface area contributed by atoms with E-state index in [2.05, 4.69) is 9.97 Å². The van der Waals surface area contributed by atoms with E-state index in [9.17, 15) is 36.7 Å². The van der Waals surface area contributed by atoms with Crippen molar-refractivity contribution in [3.05, 3.63) is 85.4 Å². The van der Waals surface area contributed by atoms with Crippen LogP contribution in [-0.4, -0.2) is 33.1 Å². The van der Waals surface area contributed by atoms with Crippen LogP contribution in [0.1, 0.15) is 61.3 Å². The predicted molar refractivity (Wildman–Crippen MR) is 175 cm³/mol. The monoisotopic (exact) mass is 720 g/mol. The second kappa shape index (κ2) is 9.69. The third-order valence-corrected chi connectivity index (χ3v) is 12.8. The SMILES string of the molecule is CC1(C)Oc2c(sc3nc(/C=C4\C(=O)C(=O)c5c(F)cc(F)cc54)sc23)-c2sc3nc(/C=C4\C(=O)C(=O)c5c(F)cc(F)cc54)sc3c21. The van der Waals surface area contributed by atoms with Gasteiger partial charge >= 0.3 is 0 Å². The molecule has 0 amide bonds. The van der Waals surface area contributed by atoms with E-state index >= 15 is 0 Å². The molecule has 0 radical (unpaired) electrons. The van der Waals surface area contributed by atoms with Crippen LogP contribution in [0.4, 0.5) is 17.6 Å². The summed E-state index contributed by atoms with van der Waals surface area (Å²) in [6.07, 6.45) is 2.74. The van der Waals surface area contributed by atoms with Crippen molar-refractivity contribution in [2.75, 3.05) is 0 Å². The minimum atomic E-state index is -1.10. The Hall–Kier alpha value is -4.70. The highest BCUT2D eigenvalue weighted by atomic mass is 32.1. The van der Waals surface area contributed by atoms with Gasteiger partial charge < -0.3 is 4.74 Å². The molecule has 0 fully saturated rings. The normalized spacial score (nSPS) is 18.0. The van der Waals surface area contributed by atoms with Crippen LogP contribution < -0.4 is 4.74 Å². The summed E-state index contributed by atoms with van der Waals surface area (Å²) in [6, 6.07) is 3.06. The lowest BCUT2D eigenvalue weighted by Crippen LogP contribution is -2.27. The van der Waals surface area contributed by atoms with Gasteiger partial charge in [-0.15, -0.1) is 45.3 Å². The van der Waals surface area contributed by atoms with Crippen molar-refractivity contribution in [3.63, 3.8) is 0 Å². The van der Waals surface area contributed by atoms with Crippen molar-refractivity contribution < 1.29 is 41.5 Å². The van der Waals surface area contributed by atoms with Gasteiger partial charge in [-0.1, -0.05) is 0 Å². The molecule has 2 aliphatic carbocycles. The zero-order valence-corrected chi connectivity index (χ0v) is 27.3. The van der Waals surface area contributed by atoms with E-state index in [4.69, 9.17) is 4.74 Å². The minimum Gasteiger partial charge on any atom is -0.480 e. The molecule has 1 aliphatic heterocycles. The number of thiophene rings is 2. The first kappa shape index (κ1) is 29.4. The number of ketones is 4. The highest BCUT2D eigenvalue weighted by Gasteiger charge is 2.42. The van der Waals surface area contributed by atoms with Crippen molar-refractivity contribution in [2.24, 2.45) is 0 Å². The van der Waals surface area contributed by atoms with Gasteiger partial charge in [0.1, 0.15) is 53.2 Å². The largest absolute Gasteiger partial charge is 0.480 e. The van der Waals surface area contributed by atoms with Crippen molar-refractivity contribution in [1.82, 2.24) is 9.97 Å². The number of nitrogens with zero attached hydrogens (tertiary/aromatic N) is 2. The second-order valence-electron chi connectivity index (χ2n) is 11.6. The Balaban J connectivity index is 1.12. The number of carbonyl (C=O) groups excluding carboxylic acids is 4. The van der Waals surface area contributed by atoms with Gasteiger partial charge in [-0.2, -0.15) is 0 Å². The molecule has 0 spiro atoms. The minimum absolute atomic E-state index is 0.106. The van der Waals surface area contributed by atoms with E-state index in [1.54, 1.807) is 0 Å². The van der Waals surface area contributed by atoms with Crippen molar-refractivity contribution in [3.8, 4) is 15.5 Å². The quantitative estimate of drug-likeness (QED) is 0.100. The molecule has 0 N–H and O–H groups in total. The van der Waals surface area contributed by atoms with E-state index in [-0.39, 0.29) is 22.3 Å². The molecule has 15 heteroatoms. The standard InChI is InChI=1S/C33H12F4N2O5S4/c1-33(2)21-27(47-31-28(21)45-17(38-31)7-13-11-3-9(34)5-15(36)19(11)24(42)22(13)40)29-26(44-33)30-32(48-29)39-18(46-30)8-14-12-4-10(35)6-16(37)20(12)25(43)23(14)41/h3-8H,1-2H3/b13-7-,14-8-. The van der Waals surface area contributed by atoms with Crippen LogP contribution >= 0.6 is 45.3 Å². The van der Waals surface area contributed by atoms with Crippen LogP contribution in [-0.2, 0) is 15.2 Å². The van der Waals surface area contributed by atoms with Gasteiger partial charge in [0.2, 0.25) is 23.1 Å². The highest BCUT2D eigenvalue weighted by Crippen LogP contribution is 2.59. The second-order valence-corrected chi connectivity index (χ2v) is 15.7. The fourth-order valence-corrected chi connectivity index (χ4v) is 11.4. The molecular formula is C33H12F4N2O5S4. The Kier molecular flexibility index (Phi) is 5.94. The third kappa shape index (κ3) is 3.95. The molecule has 7 nitrogen and oxygen atoms in total. The molecule has 4 aromatic heterocycles. The molecule has 0 saturated heterocycles. The van der Waals surface area contributed by atoms with E-state index < -0.39 is 63.1 Å². The summed E-state index contributed by atoms with van der Waals surface area (Å²) in [7, 11) is 0. The van der Waals surface area contributed by atoms with Crippen LogP contribution in [0.25, 0.3) is 52.1 Å². The number of carbonyl (C=O) groups is 4. The predicted octanol–water partition coefficient (Wildman–Crippen LogP) is 8.49. The summed E-state index contributed by atoms with van der Waals surface area (Å²) in [5, 5.41) is 0.731. The van der Waals surface area contributed by atoms with E-state index in [1.165, 1.54) is 57.5 Å². The molecule has 2 aromatic carbocycles. The molecule has 5 heterocycles. The van der Waals surface area contributed by atoms with Crippen LogP contribution in [0.3, 0.4) is 0 Å². The van der Waals surface area contributed by atoms with Gasteiger partial charge in [0.25, 0.3) is 0 Å². The van der Waals surface area contributed by atoms with Gasteiger partial charge in [-0.25, -0.2) is 27.5 Å². The van der Waals surface area contributed by atoms with Gasteiger partial charge in [-0.05, 0) is 38.1 Å². The number of fused-ring (bicyclic) bond motifs is 9. The van der Waals surface area contributed by atoms with Crippen LogP contribution in [0, 0.1) is 23.3 Å². The van der Waals surface area contributed by atoms with Crippen LogP contribution in [0.15, 0.2) is 24.3 Å². The number of aromatic nitrogens is 2. The number of hydrogen-bond donors (Lipinski definition) is 0. The van der Waals surface area contributed by atoms with Gasteiger partial charge in [0.05, 0.1) is 25.6 Å². The van der Waals surface area contributed by atoms with Crippen molar-refractivity contribution in [1.29, 1.82) is 0 Å². The lowest BCUT2D eigenvalue weighted by Gasteiger charge is -2.31. The molecule has 6 aromatic rings. The third-order valence-electron chi connectivity index (χ3n) is 8.24. The first-order valence-corrected chi connectivity index (χ1v) is 17.2. The summed E-state index contributed by atoms with van der Waals surface area (Å²) < 4.78 is 64.7. The number of hydrogen-bond acceptors (Lipinski definition) is 11. The maximum Gasteiger partial charge on any atom is 0.237 e. The van der Waals surface area contributed by atoms with E-state index in [1.807, 2.05) is 13.8 Å². The maximum absolute atomic E-state index is 14.4. The first-order valence-electron chi connectivity index (χ1n) is 14.0. The molecule has 0 atom stereocenters. The molecule has 236 valence electrons. The van der Waals surface area contributed by atoms with Crippen LogP contribution in [0.5, 0.6) is 5.75 Å². The van der Waals surface area contributed by atoms with Crippen LogP contribution in [0.2, 0.25) is 0 Å². The highest BCUT2D eigenvalue weighted by molar-refractivity contribution is 7.34. The summed E-state index contributed by atoms with van der Waals surface area (Å²) in [4.78, 5) is 62.6. The summed E-state index contributed by atoms with van der Waals surface area (Å²) >= 11 is 5.22. The van der Waals surface area contributed by atoms with Gasteiger partial charge in [-0.3, -0.25) is 19.2 Å². The van der Waals surface area contributed by atoms with E-state index in [0.29, 0.717) is 42.3 Å². The number of ether oxygens (including phenoxy) is 1. The Morgan fingerprint density at radius 3 is 1.67 bits per heavy atom. The first-order chi connectivity index (χ1) is 22.8. The number of thiazole rings is 2. The molecule has 48 heavy (non-hydrogen) atoms. The number of Topliss-reactive ketones (excluding diaryl/α,β-unsaturated/α-hetero) is 4. The van der Waals surface area contributed by atoms with Gasteiger partial charge in [0, 0.05) is 40.0 Å². The summed E-state index contributed by atoms with van der Waals surface area (Å²) in [6.45, 7) is 3.77. The van der Waals surface area contributed by atoms with Crippen molar-refractivity contribution in [2.45, 2.75) is 19.4 Å². The fourth-order valence-electron chi connectivity index (χ4n) is 6.24. The number of halogens is 4. The average molecular weight is 721 g/mol. The van der Waals surface area contributed by atoms with Crippen molar-refractivity contribution >= 4 is 111 Å². The van der Waals surface area contributed by atoms with Gasteiger partial charge in [0.15, 0.2) is 5.75 Å². The fraction of sp³-hybridized carbons (Fsp3) is 0.0909. The smallest absolute Gasteiger partial charge is 0.237 e. The molecule has 0 bridgehead atoms. The Labute approximate surface area is 281 Å². The summed E-state index contributed by atoms with van der Waals surface area (Å²) in [5.74, 6) is -7.38. The summed E-state index contributed by atoms with van der Waals surface area (Å²) in [5.41, 5.74) is -1.40. The Morgan fingerprint density at radius 2 is 1.12 bits per heavy atom. The molecule has 0 saturated carbocycles. The topological polar surface area (TPSA) is 103 Å². The average Bonchev–Trinajstić information content (AvgIpc) is 3.81. The zero-order chi connectivity index (χ0) is 33.5. The lowest BCUT2D eigenvalue weighted by atomic mass is 9.95. The molecule has 0 unspecified atom stereocenters. The molecular weight excluding hydrogens is 709 g/mol. The van der Waals surface area contributed by atoms with E-state index in [0.717, 1.165) is 32.2 Å².